The number of pyridine rings is 1. The van der Waals surface area contributed by atoms with Gasteiger partial charge in [-0.15, -0.1) is 0 Å². The molecule has 1 heterocycles. The fraction of sp³-hybridized carbons (Fsp3) is 0.308. The number of aliphatic hydroxyl groups is 1. The van der Waals surface area contributed by atoms with Gasteiger partial charge in [-0.3, -0.25) is 9.71 Å². The molecular weight excluding hydrogens is 344 g/mol. The van der Waals surface area contributed by atoms with E-state index in [9.17, 15) is 8.42 Å². The Bertz CT molecular complexity index is 704. The standard InChI is InChI=1S/C13H15BrN2O3S/c14-11-8-10-4-3-5-12(13(10)15-9-11)16-20(18,19)7-2-1-6-17/h3-5,8-9,16-17H,1-2,6-7H2. The summed E-state index contributed by atoms with van der Waals surface area (Å²) in [6.07, 6.45) is 2.53. The molecule has 0 fully saturated rings. The molecule has 2 N–H and O–H groups in total. The second-order valence-corrected chi connectivity index (χ2v) is 7.14. The summed E-state index contributed by atoms with van der Waals surface area (Å²) in [5.41, 5.74) is 1.08. The van der Waals surface area contributed by atoms with Gasteiger partial charge in [0.05, 0.1) is 17.0 Å². The molecule has 0 radical (unpaired) electrons. The first-order valence-electron chi connectivity index (χ1n) is 6.17. The van der Waals surface area contributed by atoms with Gasteiger partial charge in [0.15, 0.2) is 0 Å². The number of para-hydroxylation sites is 1. The molecule has 2 aromatic rings. The van der Waals surface area contributed by atoms with Crippen molar-refractivity contribution >= 4 is 42.5 Å². The molecule has 0 aliphatic carbocycles. The third kappa shape index (κ3) is 3.91. The molecule has 0 saturated carbocycles. The highest BCUT2D eigenvalue weighted by Gasteiger charge is 2.12. The second-order valence-electron chi connectivity index (χ2n) is 4.38. The van der Waals surface area contributed by atoms with E-state index in [2.05, 4.69) is 25.6 Å². The summed E-state index contributed by atoms with van der Waals surface area (Å²) in [6.45, 7) is -0.000625. The highest BCUT2D eigenvalue weighted by atomic mass is 79.9. The molecule has 1 aromatic carbocycles. The minimum Gasteiger partial charge on any atom is -0.396 e. The van der Waals surface area contributed by atoms with Crippen molar-refractivity contribution < 1.29 is 13.5 Å². The first-order valence-corrected chi connectivity index (χ1v) is 8.62. The van der Waals surface area contributed by atoms with E-state index in [0.29, 0.717) is 24.0 Å². The molecule has 0 spiro atoms. The number of anilines is 1. The largest absolute Gasteiger partial charge is 0.396 e. The summed E-state index contributed by atoms with van der Waals surface area (Å²) in [4.78, 5) is 4.25. The van der Waals surface area contributed by atoms with Gasteiger partial charge in [0, 0.05) is 22.7 Å². The summed E-state index contributed by atoms with van der Waals surface area (Å²) in [5, 5.41) is 9.55. The number of hydrogen-bond donors (Lipinski definition) is 2. The monoisotopic (exact) mass is 358 g/mol. The SMILES string of the molecule is O=S(=O)(CCCCO)Nc1cccc2cc(Br)cnc12. The maximum atomic E-state index is 12.0. The van der Waals surface area contributed by atoms with Crippen LogP contribution in [0.15, 0.2) is 34.9 Å². The van der Waals surface area contributed by atoms with Gasteiger partial charge in [0.2, 0.25) is 10.0 Å². The van der Waals surface area contributed by atoms with E-state index in [1.807, 2.05) is 12.1 Å². The van der Waals surface area contributed by atoms with Gasteiger partial charge in [-0.05, 0) is 40.9 Å². The maximum absolute atomic E-state index is 12.0. The summed E-state index contributed by atoms with van der Waals surface area (Å²) in [6, 6.07) is 7.22. The van der Waals surface area contributed by atoms with Crippen LogP contribution in [0, 0.1) is 0 Å². The molecule has 0 aliphatic rings. The summed E-state index contributed by atoms with van der Waals surface area (Å²) < 4.78 is 27.3. The fourth-order valence-electron chi connectivity index (χ4n) is 1.84. The van der Waals surface area contributed by atoms with Crippen LogP contribution in [0.3, 0.4) is 0 Å². The molecule has 0 unspecified atom stereocenters. The number of hydrogen-bond acceptors (Lipinski definition) is 4. The molecule has 2 rings (SSSR count). The second kappa shape index (κ2) is 6.51. The summed E-state index contributed by atoms with van der Waals surface area (Å²) in [5.74, 6) is -0.0134. The van der Waals surface area contributed by atoms with E-state index in [0.717, 1.165) is 9.86 Å². The number of rotatable bonds is 6. The number of fused-ring (bicyclic) bond motifs is 1. The van der Waals surface area contributed by atoms with E-state index in [1.165, 1.54) is 0 Å². The lowest BCUT2D eigenvalue weighted by molar-refractivity contribution is 0.287. The minimum absolute atomic E-state index is 0.000625. The summed E-state index contributed by atoms with van der Waals surface area (Å²) >= 11 is 3.34. The van der Waals surface area contributed by atoms with E-state index < -0.39 is 10.0 Å². The van der Waals surface area contributed by atoms with Crippen molar-refractivity contribution in [2.45, 2.75) is 12.8 Å². The number of unbranched alkanes of at least 4 members (excludes halogenated alkanes) is 1. The van der Waals surface area contributed by atoms with Crippen molar-refractivity contribution in [2.24, 2.45) is 0 Å². The molecule has 108 valence electrons. The van der Waals surface area contributed by atoms with Gasteiger partial charge in [0.25, 0.3) is 0 Å². The van der Waals surface area contributed by atoms with Crippen LogP contribution in [0.4, 0.5) is 5.69 Å². The molecule has 0 bridgehead atoms. The smallest absolute Gasteiger partial charge is 0.232 e. The Morgan fingerprint density at radius 1 is 1.30 bits per heavy atom. The first kappa shape index (κ1) is 15.2. The van der Waals surface area contributed by atoms with Crippen LogP contribution in [0.2, 0.25) is 0 Å². The van der Waals surface area contributed by atoms with Crippen molar-refractivity contribution in [3.63, 3.8) is 0 Å². The van der Waals surface area contributed by atoms with Gasteiger partial charge in [-0.25, -0.2) is 8.42 Å². The molecule has 0 atom stereocenters. The Morgan fingerprint density at radius 2 is 2.10 bits per heavy atom. The maximum Gasteiger partial charge on any atom is 0.232 e. The zero-order chi connectivity index (χ0) is 14.6. The van der Waals surface area contributed by atoms with Gasteiger partial charge < -0.3 is 5.11 Å². The molecule has 0 aliphatic heterocycles. The Balaban J connectivity index is 2.25. The van der Waals surface area contributed by atoms with Crippen LogP contribution >= 0.6 is 15.9 Å². The number of benzene rings is 1. The number of nitrogens with zero attached hydrogens (tertiary/aromatic N) is 1. The third-order valence-corrected chi connectivity index (χ3v) is 4.55. The highest BCUT2D eigenvalue weighted by molar-refractivity contribution is 9.10. The number of aliphatic hydroxyl groups excluding tert-OH is 1. The van der Waals surface area contributed by atoms with Crippen LogP contribution in [-0.2, 0) is 10.0 Å². The number of sulfonamides is 1. The number of halogens is 1. The van der Waals surface area contributed by atoms with E-state index in [1.54, 1.807) is 18.3 Å². The van der Waals surface area contributed by atoms with Gasteiger partial charge in [-0.2, -0.15) is 0 Å². The summed E-state index contributed by atoms with van der Waals surface area (Å²) in [7, 11) is -3.42. The highest BCUT2D eigenvalue weighted by Crippen LogP contribution is 2.24. The fourth-order valence-corrected chi connectivity index (χ4v) is 3.37. The molecule has 20 heavy (non-hydrogen) atoms. The lowest BCUT2D eigenvalue weighted by Crippen LogP contribution is -2.17. The lowest BCUT2D eigenvalue weighted by atomic mass is 10.2. The average Bonchev–Trinajstić information content (AvgIpc) is 2.38. The quantitative estimate of drug-likeness (QED) is 0.777. The van der Waals surface area contributed by atoms with Crippen molar-refractivity contribution in [3.05, 3.63) is 34.9 Å². The number of aromatic nitrogens is 1. The van der Waals surface area contributed by atoms with Crippen LogP contribution in [0.5, 0.6) is 0 Å². The van der Waals surface area contributed by atoms with Crippen LogP contribution in [0.25, 0.3) is 10.9 Å². The zero-order valence-corrected chi connectivity index (χ0v) is 13.1. The third-order valence-electron chi connectivity index (χ3n) is 2.76. The van der Waals surface area contributed by atoms with Gasteiger partial charge in [0.1, 0.15) is 0 Å². The van der Waals surface area contributed by atoms with Crippen molar-refractivity contribution in [3.8, 4) is 0 Å². The van der Waals surface area contributed by atoms with Gasteiger partial charge >= 0.3 is 0 Å². The molecule has 1 aromatic heterocycles. The van der Waals surface area contributed by atoms with Crippen LogP contribution in [-0.4, -0.2) is 30.9 Å². The first-order chi connectivity index (χ1) is 9.52. The molecule has 5 nitrogen and oxygen atoms in total. The van der Waals surface area contributed by atoms with E-state index >= 15 is 0 Å². The number of nitrogens with one attached hydrogen (secondary N) is 1. The van der Waals surface area contributed by atoms with Crippen molar-refractivity contribution in [1.82, 2.24) is 4.98 Å². The Hall–Kier alpha value is -1.18. The predicted octanol–water partition coefficient (Wildman–Crippen LogP) is 2.51. The Morgan fingerprint density at radius 3 is 2.85 bits per heavy atom. The van der Waals surface area contributed by atoms with Gasteiger partial charge in [-0.1, -0.05) is 12.1 Å². The Labute approximate surface area is 126 Å². The molecule has 7 heteroatoms. The van der Waals surface area contributed by atoms with Crippen molar-refractivity contribution in [2.75, 3.05) is 17.1 Å². The van der Waals surface area contributed by atoms with E-state index in [-0.39, 0.29) is 12.4 Å². The molecular formula is C13H15BrN2O3S. The minimum atomic E-state index is -3.42. The van der Waals surface area contributed by atoms with Crippen LogP contribution in [0.1, 0.15) is 12.8 Å². The molecule has 0 saturated heterocycles. The van der Waals surface area contributed by atoms with E-state index in [4.69, 9.17) is 5.11 Å². The average molecular weight is 359 g/mol. The Kier molecular flexibility index (Phi) is 4.95. The normalized spacial score (nSPS) is 11.7. The molecule has 0 amide bonds. The van der Waals surface area contributed by atoms with Crippen molar-refractivity contribution in [1.29, 1.82) is 0 Å². The predicted molar refractivity (Wildman–Crippen MR) is 83.2 cm³/mol. The zero-order valence-electron chi connectivity index (χ0n) is 10.7. The lowest BCUT2D eigenvalue weighted by Gasteiger charge is -2.10. The van der Waals surface area contributed by atoms with Crippen LogP contribution < -0.4 is 4.72 Å². The topological polar surface area (TPSA) is 79.3 Å².